The second-order valence-corrected chi connectivity index (χ2v) is 3.75. The highest BCUT2D eigenvalue weighted by Gasteiger charge is 2.26. The van der Waals surface area contributed by atoms with E-state index in [2.05, 4.69) is 0 Å². The van der Waals surface area contributed by atoms with Crippen LogP contribution in [0.3, 0.4) is 0 Å². The summed E-state index contributed by atoms with van der Waals surface area (Å²) >= 11 is 0. The maximum Gasteiger partial charge on any atom is 0.259 e. The largest absolute Gasteiger partial charge is 0.505 e. The number of carbonyl (C=O) groups excluding carboxylic acids is 1. The lowest BCUT2D eigenvalue weighted by Gasteiger charge is -2.16. The van der Waals surface area contributed by atoms with Crippen LogP contribution in [0, 0.1) is 11.6 Å². The molecule has 0 aliphatic carbocycles. The molecule has 1 amide bonds. The van der Waals surface area contributed by atoms with Gasteiger partial charge >= 0.3 is 0 Å². The molecule has 0 radical (unpaired) electrons. The number of phenols is 1. The quantitative estimate of drug-likeness (QED) is 0.796. The first-order valence-electron chi connectivity index (χ1n) is 5.07. The highest BCUT2D eigenvalue weighted by atomic mass is 19.1. The molecule has 0 spiro atoms. The fourth-order valence-corrected chi connectivity index (χ4v) is 1.82. The summed E-state index contributed by atoms with van der Waals surface area (Å²) in [4.78, 5) is 13.2. The summed E-state index contributed by atoms with van der Waals surface area (Å²) in [7, 11) is 0. The van der Waals surface area contributed by atoms with E-state index in [1.165, 1.54) is 4.90 Å². The van der Waals surface area contributed by atoms with E-state index in [1.807, 2.05) is 0 Å². The minimum atomic E-state index is -1.18. The Hall–Kier alpha value is -1.65. The molecule has 1 aromatic rings. The van der Waals surface area contributed by atoms with Crippen molar-refractivity contribution in [2.24, 2.45) is 0 Å². The third-order valence-electron chi connectivity index (χ3n) is 2.68. The molecule has 1 aliphatic rings. The monoisotopic (exact) mass is 227 g/mol. The van der Waals surface area contributed by atoms with Crippen LogP contribution in [-0.4, -0.2) is 29.0 Å². The van der Waals surface area contributed by atoms with Gasteiger partial charge in [-0.15, -0.1) is 0 Å². The Kier molecular flexibility index (Phi) is 2.77. The Bertz CT molecular complexity index is 428. The van der Waals surface area contributed by atoms with E-state index in [1.54, 1.807) is 0 Å². The van der Waals surface area contributed by atoms with E-state index in [4.69, 9.17) is 5.11 Å². The molecule has 1 saturated heterocycles. The predicted octanol–water partition coefficient (Wildman–Crippen LogP) is 1.91. The van der Waals surface area contributed by atoms with E-state index >= 15 is 0 Å². The minimum Gasteiger partial charge on any atom is -0.505 e. The highest BCUT2D eigenvalue weighted by Crippen LogP contribution is 2.24. The van der Waals surface area contributed by atoms with Gasteiger partial charge in [-0.3, -0.25) is 4.79 Å². The zero-order chi connectivity index (χ0) is 11.7. The van der Waals surface area contributed by atoms with Crippen LogP contribution in [0.25, 0.3) is 0 Å². The van der Waals surface area contributed by atoms with Crippen molar-refractivity contribution in [1.82, 2.24) is 4.90 Å². The molecule has 16 heavy (non-hydrogen) atoms. The number of halogens is 2. The summed E-state index contributed by atoms with van der Waals surface area (Å²) in [5, 5.41) is 9.10. The van der Waals surface area contributed by atoms with Gasteiger partial charge in [-0.05, 0) is 25.0 Å². The molecular formula is C11H11F2NO2. The van der Waals surface area contributed by atoms with Crippen LogP contribution < -0.4 is 0 Å². The number of nitrogens with zero attached hydrogens (tertiary/aromatic N) is 1. The maximum absolute atomic E-state index is 13.4. The molecule has 3 nitrogen and oxygen atoms in total. The maximum atomic E-state index is 13.4. The summed E-state index contributed by atoms with van der Waals surface area (Å²) < 4.78 is 26.8. The van der Waals surface area contributed by atoms with E-state index in [0.717, 1.165) is 25.0 Å². The highest BCUT2D eigenvalue weighted by molar-refractivity contribution is 5.95. The number of hydrogen-bond donors (Lipinski definition) is 1. The van der Waals surface area contributed by atoms with Crippen LogP contribution in [0.5, 0.6) is 5.75 Å². The van der Waals surface area contributed by atoms with Crippen LogP contribution in [0.2, 0.25) is 0 Å². The molecule has 1 aromatic carbocycles. The summed E-state index contributed by atoms with van der Waals surface area (Å²) in [6, 6.07) is 1.78. The lowest BCUT2D eigenvalue weighted by molar-refractivity contribution is 0.0782. The molecule has 2 rings (SSSR count). The van der Waals surface area contributed by atoms with E-state index in [-0.39, 0.29) is 0 Å². The van der Waals surface area contributed by atoms with Crippen molar-refractivity contribution in [3.8, 4) is 5.75 Å². The standard InChI is InChI=1S/C11H11F2NO2/c12-7-3-4-8(15)10(13)9(7)11(16)14-5-1-2-6-14/h3-4,15H,1-2,5-6H2. The van der Waals surface area contributed by atoms with Crippen molar-refractivity contribution in [2.45, 2.75) is 12.8 Å². The Morgan fingerprint density at radius 3 is 2.50 bits per heavy atom. The molecule has 1 heterocycles. The van der Waals surface area contributed by atoms with Crippen molar-refractivity contribution in [3.05, 3.63) is 29.3 Å². The predicted molar refractivity (Wildman–Crippen MR) is 53.2 cm³/mol. The molecule has 0 bridgehead atoms. The fourth-order valence-electron chi connectivity index (χ4n) is 1.82. The van der Waals surface area contributed by atoms with Crippen molar-refractivity contribution < 1.29 is 18.7 Å². The van der Waals surface area contributed by atoms with Crippen molar-refractivity contribution in [3.63, 3.8) is 0 Å². The minimum absolute atomic E-state index is 0.507. The molecule has 1 fully saturated rings. The number of aromatic hydroxyl groups is 1. The van der Waals surface area contributed by atoms with Crippen LogP contribution in [-0.2, 0) is 0 Å². The van der Waals surface area contributed by atoms with Gasteiger partial charge in [0.25, 0.3) is 5.91 Å². The van der Waals surface area contributed by atoms with Gasteiger partial charge in [0, 0.05) is 13.1 Å². The van der Waals surface area contributed by atoms with Gasteiger partial charge in [0.1, 0.15) is 11.4 Å². The zero-order valence-corrected chi connectivity index (χ0v) is 8.54. The molecule has 5 heteroatoms. The number of rotatable bonds is 1. The van der Waals surface area contributed by atoms with Gasteiger partial charge in [0.2, 0.25) is 0 Å². The number of likely N-dealkylation sites (tertiary alicyclic amines) is 1. The number of amides is 1. The van der Waals surface area contributed by atoms with Crippen molar-refractivity contribution in [2.75, 3.05) is 13.1 Å². The zero-order valence-electron chi connectivity index (χ0n) is 8.54. The summed E-state index contributed by atoms with van der Waals surface area (Å²) in [5.41, 5.74) is -0.665. The Morgan fingerprint density at radius 1 is 1.25 bits per heavy atom. The van der Waals surface area contributed by atoms with Crippen molar-refractivity contribution in [1.29, 1.82) is 0 Å². The molecule has 0 saturated carbocycles. The lowest BCUT2D eigenvalue weighted by atomic mass is 10.1. The van der Waals surface area contributed by atoms with Crippen molar-refractivity contribution >= 4 is 5.91 Å². The molecule has 0 unspecified atom stereocenters. The molecule has 86 valence electrons. The molecule has 0 aromatic heterocycles. The number of carbonyl (C=O) groups is 1. The van der Waals surface area contributed by atoms with Crippen LogP contribution >= 0.6 is 0 Å². The van der Waals surface area contributed by atoms with Gasteiger partial charge in [-0.25, -0.2) is 8.78 Å². The second-order valence-electron chi connectivity index (χ2n) is 3.75. The van der Waals surface area contributed by atoms with E-state index in [9.17, 15) is 13.6 Å². The first kappa shape index (κ1) is 10.9. The summed E-state index contributed by atoms with van der Waals surface area (Å²) in [6.07, 6.45) is 1.68. The van der Waals surface area contributed by atoms with E-state index in [0.29, 0.717) is 13.1 Å². The second kappa shape index (κ2) is 4.08. The molecule has 0 atom stereocenters. The van der Waals surface area contributed by atoms with Gasteiger partial charge < -0.3 is 10.0 Å². The number of hydrogen-bond acceptors (Lipinski definition) is 2. The Labute approximate surface area is 91.3 Å². The fraction of sp³-hybridized carbons (Fsp3) is 0.364. The van der Waals surface area contributed by atoms with Gasteiger partial charge in [-0.2, -0.15) is 0 Å². The lowest BCUT2D eigenvalue weighted by Crippen LogP contribution is -2.29. The third-order valence-corrected chi connectivity index (χ3v) is 2.68. The van der Waals surface area contributed by atoms with Crippen LogP contribution in [0.15, 0.2) is 12.1 Å². The molecule has 1 N–H and O–H groups in total. The molecular weight excluding hydrogens is 216 g/mol. The first-order chi connectivity index (χ1) is 7.61. The average molecular weight is 227 g/mol. The van der Waals surface area contributed by atoms with E-state index < -0.39 is 28.9 Å². The average Bonchev–Trinajstić information content (AvgIpc) is 2.77. The van der Waals surface area contributed by atoms with Gasteiger partial charge in [0.05, 0.1) is 0 Å². The Morgan fingerprint density at radius 2 is 1.88 bits per heavy atom. The van der Waals surface area contributed by atoms with Crippen LogP contribution in [0.1, 0.15) is 23.2 Å². The smallest absolute Gasteiger partial charge is 0.259 e. The topological polar surface area (TPSA) is 40.5 Å². The number of phenolic OH excluding ortho intramolecular Hbond substituents is 1. The normalized spacial score (nSPS) is 15.5. The van der Waals surface area contributed by atoms with Crippen LogP contribution in [0.4, 0.5) is 8.78 Å². The number of benzene rings is 1. The third kappa shape index (κ3) is 1.73. The first-order valence-corrected chi connectivity index (χ1v) is 5.07. The van der Waals surface area contributed by atoms with Gasteiger partial charge in [-0.1, -0.05) is 0 Å². The summed E-state index contributed by atoms with van der Waals surface area (Å²) in [5.74, 6) is -3.52. The SMILES string of the molecule is O=C(c1c(F)ccc(O)c1F)N1CCCC1. The summed E-state index contributed by atoms with van der Waals surface area (Å²) in [6.45, 7) is 1.01. The molecule has 1 aliphatic heterocycles. The van der Waals surface area contributed by atoms with Gasteiger partial charge in [0.15, 0.2) is 11.6 Å². The Balaban J connectivity index is 2.39.